The van der Waals surface area contributed by atoms with Crippen molar-refractivity contribution in [2.75, 3.05) is 26.2 Å². The lowest BCUT2D eigenvalue weighted by Gasteiger charge is -2.36. The minimum Gasteiger partial charge on any atom is -0.314 e. The Bertz CT molecular complexity index is 669. The van der Waals surface area contributed by atoms with Gasteiger partial charge >= 0.3 is 6.18 Å². The van der Waals surface area contributed by atoms with Crippen LogP contribution in [-0.2, 0) is 0 Å². The molecular formula is C15H15ClF3N3. The maximum Gasteiger partial charge on any atom is 0.408 e. The molecule has 0 saturated carbocycles. The van der Waals surface area contributed by atoms with E-state index >= 15 is 0 Å². The van der Waals surface area contributed by atoms with Crippen molar-refractivity contribution in [3.63, 3.8) is 0 Å². The third-order valence-corrected chi connectivity index (χ3v) is 4.13. The molecule has 1 N–H and O–H groups in total. The summed E-state index contributed by atoms with van der Waals surface area (Å²) in [4.78, 5) is 5.54. The topological polar surface area (TPSA) is 28.2 Å². The van der Waals surface area contributed by atoms with Crippen molar-refractivity contribution in [2.45, 2.75) is 12.2 Å². The molecule has 1 saturated heterocycles. The van der Waals surface area contributed by atoms with Crippen LogP contribution in [0.15, 0.2) is 30.3 Å². The second-order valence-electron chi connectivity index (χ2n) is 5.29. The molecule has 0 amide bonds. The van der Waals surface area contributed by atoms with Crippen molar-refractivity contribution in [3.05, 3.63) is 41.0 Å². The minimum absolute atomic E-state index is 0.0229. The molecule has 1 fully saturated rings. The monoisotopic (exact) mass is 329 g/mol. The summed E-state index contributed by atoms with van der Waals surface area (Å²) in [5, 5.41) is 3.63. The molecule has 3 rings (SSSR count). The zero-order chi connectivity index (χ0) is 15.7. The smallest absolute Gasteiger partial charge is 0.314 e. The molecule has 0 aliphatic carbocycles. The maximum absolute atomic E-state index is 13.6. The van der Waals surface area contributed by atoms with E-state index in [9.17, 15) is 13.2 Å². The van der Waals surface area contributed by atoms with Crippen molar-refractivity contribution in [2.24, 2.45) is 0 Å². The van der Waals surface area contributed by atoms with Crippen LogP contribution in [0, 0.1) is 0 Å². The summed E-state index contributed by atoms with van der Waals surface area (Å²) in [6, 6.07) is 6.81. The summed E-state index contributed by atoms with van der Waals surface area (Å²) >= 11 is 6.07. The fourth-order valence-corrected chi connectivity index (χ4v) is 3.07. The zero-order valence-corrected chi connectivity index (χ0v) is 12.5. The number of rotatable bonds is 2. The Morgan fingerprint density at radius 2 is 1.86 bits per heavy atom. The summed E-state index contributed by atoms with van der Waals surface area (Å²) in [6.07, 6.45) is -4.40. The fraction of sp³-hybridized carbons (Fsp3) is 0.400. The van der Waals surface area contributed by atoms with Gasteiger partial charge in [-0.3, -0.25) is 4.90 Å². The van der Waals surface area contributed by atoms with E-state index < -0.39 is 12.2 Å². The first kappa shape index (κ1) is 15.5. The van der Waals surface area contributed by atoms with Crippen molar-refractivity contribution in [3.8, 4) is 0 Å². The molecule has 0 spiro atoms. The number of nitrogens with zero attached hydrogens (tertiary/aromatic N) is 2. The molecule has 22 heavy (non-hydrogen) atoms. The highest BCUT2D eigenvalue weighted by molar-refractivity contribution is 6.30. The van der Waals surface area contributed by atoms with Crippen LogP contribution in [0.5, 0.6) is 0 Å². The lowest BCUT2D eigenvalue weighted by molar-refractivity contribution is -0.187. The summed E-state index contributed by atoms with van der Waals surface area (Å²) < 4.78 is 40.9. The molecule has 118 valence electrons. The number of benzene rings is 1. The van der Waals surface area contributed by atoms with E-state index in [4.69, 9.17) is 11.6 Å². The minimum atomic E-state index is -4.40. The predicted molar refractivity (Wildman–Crippen MR) is 80.0 cm³/mol. The second-order valence-corrected chi connectivity index (χ2v) is 5.65. The molecule has 0 unspecified atom stereocenters. The van der Waals surface area contributed by atoms with Gasteiger partial charge in [-0.1, -0.05) is 29.8 Å². The number of pyridine rings is 1. The number of alkyl halides is 3. The molecule has 0 radical (unpaired) electrons. The van der Waals surface area contributed by atoms with Gasteiger partial charge in [-0.25, -0.2) is 4.98 Å². The summed E-state index contributed by atoms with van der Waals surface area (Å²) in [5.41, 5.74) is 0.618. The van der Waals surface area contributed by atoms with Crippen LogP contribution in [0.4, 0.5) is 13.2 Å². The van der Waals surface area contributed by atoms with E-state index in [0.29, 0.717) is 37.1 Å². The third-order valence-electron chi connectivity index (χ3n) is 3.83. The van der Waals surface area contributed by atoms with Gasteiger partial charge in [0.25, 0.3) is 0 Å². The van der Waals surface area contributed by atoms with E-state index in [0.717, 1.165) is 0 Å². The van der Waals surface area contributed by atoms with Gasteiger partial charge in [0.1, 0.15) is 11.2 Å². The van der Waals surface area contributed by atoms with Crippen molar-refractivity contribution in [1.29, 1.82) is 0 Å². The molecule has 0 bridgehead atoms. The average molecular weight is 330 g/mol. The molecule has 7 heteroatoms. The van der Waals surface area contributed by atoms with Gasteiger partial charge in [-0.2, -0.15) is 13.2 Å². The summed E-state index contributed by atoms with van der Waals surface area (Å²) in [5.74, 6) is 0. The van der Waals surface area contributed by atoms with Gasteiger partial charge in [0.2, 0.25) is 0 Å². The van der Waals surface area contributed by atoms with E-state index in [1.165, 1.54) is 11.0 Å². The number of halogens is 4. The molecule has 1 aliphatic heterocycles. The highest BCUT2D eigenvalue weighted by Gasteiger charge is 2.46. The number of hydrogen-bond acceptors (Lipinski definition) is 3. The van der Waals surface area contributed by atoms with Crippen LogP contribution in [0.3, 0.4) is 0 Å². The first-order chi connectivity index (χ1) is 10.5. The Morgan fingerprint density at radius 1 is 1.18 bits per heavy atom. The summed E-state index contributed by atoms with van der Waals surface area (Å²) in [6.45, 7) is 1.72. The van der Waals surface area contributed by atoms with Crippen LogP contribution in [0.25, 0.3) is 10.9 Å². The molecular weight excluding hydrogens is 315 g/mol. The molecule has 1 aliphatic rings. The van der Waals surface area contributed by atoms with Crippen molar-refractivity contribution >= 4 is 22.5 Å². The summed E-state index contributed by atoms with van der Waals surface area (Å²) in [7, 11) is 0. The number of piperazine rings is 1. The van der Waals surface area contributed by atoms with Gasteiger partial charge in [-0.05, 0) is 12.1 Å². The van der Waals surface area contributed by atoms with Crippen molar-refractivity contribution in [1.82, 2.24) is 15.2 Å². The zero-order valence-electron chi connectivity index (χ0n) is 11.7. The Balaban J connectivity index is 2.08. The van der Waals surface area contributed by atoms with Crippen molar-refractivity contribution < 1.29 is 13.2 Å². The normalized spacial score (nSPS) is 18.5. The van der Waals surface area contributed by atoms with E-state index in [1.54, 1.807) is 24.3 Å². The number of nitrogens with one attached hydrogen (secondary N) is 1. The largest absolute Gasteiger partial charge is 0.408 e. The maximum atomic E-state index is 13.6. The van der Waals surface area contributed by atoms with Crippen LogP contribution >= 0.6 is 11.6 Å². The number of fused-ring (bicyclic) bond motifs is 1. The highest BCUT2D eigenvalue weighted by Crippen LogP contribution is 2.41. The molecule has 3 nitrogen and oxygen atoms in total. The molecule has 1 aromatic heterocycles. The van der Waals surface area contributed by atoms with Crippen LogP contribution in [-0.4, -0.2) is 42.2 Å². The molecule has 1 atom stereocenters. The number of aromatic nitrogens is 1. The first-order valence-corrected chi connectivity index (χ1v) is 7.41. The molecule has 2 heterocycles. The van der Waals surface area contributed by atoms with E-state index in [2.05, 4.69) is 10.3 Å². The van der Waals surface area contributed by atoms with Gasteiger partial charge < -0.3 is 5.32 Å². The molecule has 2 aromatic rings. The van der Waals surface area contributed by atoms with Crippen LogP contribution in [0.1, 0.15) is 11.6 Å². The van der Waals surface area contributed by atoms with E-state index in [1.807, 2.05) is 0 Å². The quantitative estimate of drug-likeness (QED) is 0.856. The van der Waals surface area contributed by atoms with Gasteiger partial charge in [0, 0.05) is 37.1 Å². The Kier molecular flexibility index (Phi) is 4.25. The molecule has 1 aromatic carbocycles. The number of hydrogen-bond donors (Lipinski definition) is 1. The standard InChI is InChI=1S/C15H15ClF3N3/c16-14-11(9-10-3-1-2-4-12(10)21-14)13(15(17,18)19)22-7-5-20-6-8-22/h1-4,9,13,20H,5-8H2/t13-/m0/s1. The number of para-hydroxylation sites is 1. The van der Waals surface area contributed by atoms with Crippen LogP contribution in [0.2, 0.25) is 5.15 Å². The predicted octanol–water partition coefficient (Wildman–Crippen LogP) is 3.40. The first-order valence-electron chi connectivity index (χ1n) is 7.03. The lowest BCUT2D eigenvalue weighted by Crippen LogP contribution is -2.49. The van der Waals surface area contributed by atoms with Crippen LogP contribution < -0.4 is 5.32 Å². The SMILES string of the molecule is FC(F)(F)[C@H](c1cc2ccccc2nc1Cl)N1CCNCC1. The highest BCUT2D eigenvalue weighted by atomic mass is 35.5. The van der Waals surface area contributed by atoms with Gasteiger partial charge in [0.05, 0.1) is 5.52 Å². The lowest BCUT2D eigenvalue weighted by atomic mass is 10.0. The van der Waals surface area contributed by atoms with Gasteiger partial charge in [0.15, 0.2) is 0 Å². The Hall–Kier alpha value is -1.37. The Morgan fingerprint density at radius 3 is 2.55 bits per heavy atom. The third kappa shape index (κ3) is 3.04. The second kappa shape index (κ2) is 6.02. The van der Waals surface area contributed by atoms with E-state index in [-0.39, 0.29) is 10.7 Å². The van der Waals surface area contributed by atoms with Gasteiger partial charge in [-0.15, -0.1) is 0 Å². The Labute approximate surface area is 131 Å². The average Bonchev–Trinajstić information content (AvgIpc) is 2.48. The fourth-order valence-electron chi connectivity index (χ4n) is 2.82.